The zero-order chi connectivity index (χ0) is 15.0. The molecule has 6 heteroatoms. The Labute approximate surface area is 126 Å². The molecule has 0 aliphatic rings. The molecule has 0 saturated heterocycles. The number of aryl methyl sites for hydroxylation is 1. The molecule has 0 bridgehead atoms. The molecule has 5 nitrogen and oxygen atoms in total. The molecule has 0 radical (unpaired) electrons. The van der Waals surface area contributed by atoms with E-state index in [1.807, 2.05) is 25.1 Å². The van der Waals surface area contributed by atoms with Crippen molar-refractivity contribution in [1.82, 2.24) is 19.1 Å². The lowest BCUT2D eigenvalue weighted by atomic mass is 10.1. The van der Waals surface area contributed by atoms with Gasteiger partial charge in [-0.2, -0.15) is 0 Å². The van der Waals surface area contributed by atoms with Gasteiger partial charge in [-0.15, -0.1) is 5.10 Å². The maximum atomic E-state index is 12.5. The Morgan fingerprint density at radius 2 is 2.14 bits per heavy atom. The van der Waals surface area contributed by atoms with E-state index in [9.17, 15) is 4.79 Å². The lowest BCUT2D eigenvalue weighted by molar-refractivity contribution is 0.726. The standard InChI is InChI=1S/C15H16N4OS/c1-9(2)14-13(21-18-17-14)7-19-8-16-12-6-10(3)4-5-11(12)15(19)20/h4-6,8-9H,7H2,1-3H3. The van der Waals surface area contributed by atoms with Crippen molar-refractivity contribution in [2.45, 2.75) is 33.2 Å². The topological polar surface area (TPSA) is 60.7 Å². The zero-order valence-electron chi connectivity index (χ0n) is 12.2. The minimum atomic E-state index is -0.0249. The van der Waals surface area contributed by atoms with Crippen molar-refractivity contribution in [3.8, 4) is 0 Å². The van der Waals surface area contributed by atoms with E-state index in [1.54, 1.807) is 10.9 Å². The first-order valence-corrected chi connectivity index (χ1v) is 7.60. The molecule has 0 aliphatic heterocycles. The molecular weight excluding hydrogens is 284 g/mol. The van der Waals surface area contributed by atoms with Gasteiger partial charge in [0.25, 0.3) is 5.56 Å². The van der Waals surface area contributed by atoms with Crippen molar-refractivity contribution in [3.63, 3.8) is 0 Å². The van der Waals surface area contributed by atoms with Crippen LogP contribution >= 0.6 is 11.5 Å². The lowest BCUT2D eigenvalue weighted by Gasteiger charge is -2.07. The highest BCUT2D eigenvalue weighted by Gasteiger charge is 2.13. The molecule has 0 amide bonds. The number of rotatable bonds is 3. The second-order valence-electron chi connectivity index (χ2n) is 5.43. The van der Waals surface area contributed by atoms with Gasteiger partial charge in [0, 0.05) is 0 Å². The average molecular weight is 300 g/mol. The van der Waals surface area contributed by atoms with Crippen molar-refractivity contribution in [2.24, 2.45) is 0 Å². The second-order valence-corrected chi connectivity index (χ2v) is 6.27. The Morgan fingerprint density at radius 3 is 2.90 bits per heavy atom. The van der Waals surface area contributed by atoms with Crippen molar-refractivity contribution in [2.75, 3.05) is 0 Å². The van der Waals surface area contributed by atoms with Gasteiger partial charge in [0.15, 0.2) is 0 Å². The third-order valence-electron chi connectivity index (χ3n) is 3.43. The summed E-state index contributed by atoms with van der Waals surface area (Å²) < 4.78 is 5.62. The summed E-state index contributed by atoms with van der Waals surface area (Å²) in [6.45, 7) is 6.61. The molecule has 0 fully saturated rings. The van der Waals surface area contributed by atoms with Crippen molar-refractivity contribution >= 4 is 22.4 Å². The number of benzene rings is 1. The molecular formula is C15H16N4OS. The van der Waals surface area contributed by atoms with Crippen LogP contribution < -0.4 is 5.56 Å². The van der Waals surface area contributed by atoms with Gasteiger partial charge in [0.1, 0.15) is 0 Å². The van der Waals surface area contributed by atoms with Gasteiger partial charge in [0.05, 0.1) is 34.3 Å². The van der Waals surface area contributed by atoms with Gasteiger partial charge in [-0.1, -0.05) is 24.4 Å². The van der Waals surface area contributed by atoms with Gasteiger partial charge < -0.3 is 0 Å². The average Bonchev–Trinajstić information content (AvgIpc) is 2.90. The first kappa shape index (κ1) is 13.9. The van der Waals surface area contributed by atoms with Gasteiger partial charge in [-0.05, 0) is 42.1 Å². The van der Waals surface area contributed by atoms with Crippen molar-refractivity contribution in [3.05, 3.63) is 51.0 Å². The highest BCUT2D eigenvalue weighted by atomic mass is 32.1. The molecule has 1 aromatic carbocycles. The predicted molar refractivity (Wildman–Crippen MR) is 83.8 cm³/mol. The monoisotopic (exact) mass is 300 g/mol. The Kier molecular flexibility index (Phi) is 3.55. The van der Waals surface area contributed by atoms with Gasteiger partial charge in [0.2, 0.25) is 0 Å². The van der Waals surface area contributed by atoms with Crippen molar-refractivity contribution < 1.29 is 0 Å². The maximum Gasteiger partial charge on any atom is 0.261 e. The Hall–Kier alpha value is -2.08. The summed E-state index contributed by atoms with van der Waals surface area (Å²) in [5, 5.41) is 4.79. The van der Waals surface area contributed by atoms with E-state index < -0.39 is 0 Å². The van der Waals surface area contributed by atoms with Crippen LogP contribution in [0.25, 0.3) is 10.9 Å². The van der Waals surface area contributed by atoms with E-state index in [0.717, 1.165) is 21.7 Å². The summed E-state index contributed by atoms with van der Waals surface area (Å²) in [4.78, 5) is 17.9. The van der Waals surface area contributed by atoms with E-state index in [0.29, 0.717) is 17.8 Å². The molecule has 2 aromatic heterocycles. The third kappa shape index (κ3) is 2.58. The summed E-state index contributed by atoms with van der Waals surface area (Å²) in [6, 6.07) is 5.70. The molecule has 0 atom stereocenters. The largest absolute Gasteiger partial charge is 0.293 e. The second kappa shape index (κ2) is 5.37. The number of hydrogen-bond acceptors (Lipinski definition) is 5. The zero-order valence-corrected chi connectivity index (χ0v) is 13.0. The van der Waals surface area contributed by atoms with Gasteiger partial charge in [-0.3, -0.25) is 9.36 Å². The Balaban J connectivity index is 2.05. The number of hydrogen-bond donors (Lipinski definition) is 0. The van der Waals surface area contributed by atoms with Gasteiger partial charge in [-0.25, -0.2) is 4.98 Å². The molecule has 108 valence electrons. The quantitative estimate of drug-likeness (QED) is 0.746. The predicted octanol–water partition coefficient (Wildman–Crippen LogP) is 2.73. The number of aromatic nitrogens is 4. The third-order valence-corrected chi connectivity index (χ3v) is 4.15. The molecule has 0 aliphatic carbocycles. The van der Waals surface area contributed by atoms with Crippen LogP contribution in [0, 0.1) is 6.92 Å². The highest BCUT2D eigenvalue weighted by molar-refractivity contribution is 7.05. The van der Waals surface area contributed by atoms with Crippen molar-refractivity contribution in [1.29, 1.82) is 0 Å². The molecule has 0 spiro atoms. The fourth-order valence-electron chi connectivity index (χ4n) is 2.30. The molecule has 0 unspecified atom stereocenters. The Morgan fingerprint density at radius 1 is 1.33 bits per heavy atom. The van der Waals surface area contributed by atoms with Gasteiger partial charge >= 0.3 is 0 Å². The molecule has 21 heavy (non-hydrogen) atoms. The normalized spacial score (nSPS) is 11.4. The molecule has 2 heterocycles. The summed E-state index contributed by atoms with van der Waals surface area (Å²) in [5.41, 5.74) is 2.77. The molecule has 0 N–H and O–H groups in total. The number of nitrogens with zero attached hydrogens (tertiary/aromatic N) is 4. The molecule has 0 saturated carbocycles. The van der Waals surface area contributed by atoms with Crippen LogP contribution in [0.4, 0.5) is 0 Å². The van der Waals surface area contributed by atoms with E-state index in [2.05, 4.69) is 28.4 Å². The fraction of sp³-hybridized carbons (Fsp3) is 0.333. The summed E-state index contributed by atoms with van der Waals surface area (Å²) >= 11 is 1.34. The summed E-state index contributed by atoms with van der Waals surface area (Å²) in [7, 11) is 0. The SMILES string of the molecule is Cc1ccc2c(=O)n(Cc3snnc3C(C)C)cnc2c1. The minimum Gasteiger partial charge on any atom is -0.293 e. The summed E-state index contributed by atoms with van der Waals surface area (Å²) in [6.07, 6.45) is 1.61. The van der Waals surface area contributed by atoms with E-state index >= 15 is 0 Å². The van der Waals surface area contributed by atoms with Crippen LogP contribution in [0.5, 0.6) is 0 Å². The smallest absolute Gasteiger partial charge is 0.261 e. The van der Waals surface area contributed by atoms with Crippen LogP contribution in [0.1, 0.15) is 35.9 Å². The summed E-state index contributed by atoms with van der Waals surface area (Å²) in [5.74, 6) is 0.297. The van der Waals surface area contributed by atoms with E-state index in [-0.39, 0.29) is 5.56 Å². The van der Waals surface area contributed by atoms with Crippen LogP contribution in [-0.2, 0) is 6.54 Å². The first-order valence-electron chi connectivity index (χ1n) is 6.83. The van der Waals surface area contributed by atoms with E-state index in [1.165, 1.54) is 11.5 Å². The van der Waals surface area contributed by atoms with Crippen LogP contribution in [0.2, 0.25) is 0 Å². The van der Waals surface area contributed by atoms with Crippen LogP contribution in [0.15, 0.2) is 29.3 Å². The fourth-order valence-corrected chi connectivity index (χ4v) is 3.09. The van der Waals surface area contributed by atoms with Crippen LogP contribution in [0.3, 0.4) is 0 Å². The highest BCUT2D eigenvalue weighted by Crippen LogP contribution is 2.20. The molecule has 3 rings (SSSR count). The molecule has 3 aromatic rings. The number of fused-ring (bicyclic) bond motifs is 1. The minimum absolute atomic E-state index is 0.0249. The first-order chi connectivity index (χ1) is 10.1. The van der Waals surface area contributed by atoms with Crippen LogP contribution in [-0.4, -0.2) is 19.1 Å². The van der Waals surface area contributed by atoms with E-state index in [4.69, 9.17) is 0 Å². The lowest BCUT2D eigenvalue weighted by Crippen LogP contribution is -2.21. The Bertz CT molecular complexity index is 850. The maximum absolute atomic E-state index is 12.5.